The van der Waals surface area contributed by atoms with Gasteiger partial charge < -0.3 is 5.32 Å². The Balaban J connectivity index is 2.15. The molecule has 1 unspecified atom stereocenters. The molecule has 1 atom stereocenters. The Morgan fingerprint density at radius 2 is 1.53 bits per heavy atom. The van der Waals surface area contributed by atoms with Crippen molar-refractivity contribution >= 4 is 5.57 Å². The summed E-state index contributed by atoms with van der Waals surface area (Å²) in [6, 6.07) is 12.2. The lowest BCUT2D eigenvalue weighted by Crippen LogP contribution is -2.30. The molecule has 2 aromatic rings. The van der Waals surface area contributed by atoms with Crippen LogP contribution in [0.3, 0.4) is 0 Å². The highest BCUT2D eigenvalue weighted by Gasteiger charge is 2.36. The fourth-order valence-corrected chi connectivity index (χ4v) is 3.48. The van der Waals surface area contributed by atoms with E-state index in [0.29, 0.717) is 28.1 Å². The number of terminal acetylenes is 1. The van der Waals surface area contributed by atoms with Gasteiger partial charge in [-0.15, -0.1) is 6.42 Å². The molecule has 0 bridgehead atoms. The number of rotatable bonds is 0. The molecule has 0 saturated carbocycles. The first-order chi connectivity index (χ1) is 14.6. The Kier molecular flexibility index (Phi) is 3.98. The molecule has 0 radical (unpaired) electrons. The largest absolute Gasteiger partial charge is 0.363 e. The predicted molar refractivity (Wildman–Crippen MR) is 102 cm³/mol. The molecule has 4 rings (SSSR count). The fourth-order valence-electron chi connectivity index (χ4n) is 3.48. The van der Waals surface area contributed by atoms with Crippen LogP contribution in [-0.2, 0) is 0 Å². The predicted octanol–water partition coefficient (Wildman–Crippen LogP) is 2.08. The average molecular weight is 382 g/mol. The van der Waals surface area contributed by atoms with Crippen molar-refractivity contribution in [1.29, 1.82) is 26.3 Å². The number of aromatic nitrogens is 2. The van der Waals surface area contributed by atoms with Crippen LogP contribution in [0.2, 0.25) is 0 Å². The average Bonchev–Trinajstić information content (AvgIpc) is 2.81. The summed E-state index contributed by atoms with van der Waals surface area (Å²) >= 11 is 0. The Bertz CT molecular complexity index is 1480. The molecule has 0 amide bonds. The van der Waals surface area contributed by atoms with Crippen LogP contribution in [0.15, 0.2) is 29.5 Å². The summed E-state index contributed by atoms with van der Waals surface area (Å²) in [4.78, 5) is 8.78. The van der Waals surface area contributed by atoms with E-state index in [1.807, 2.05) is 30.3 Å². The lowest BCUT2D eigenvalue weighted by molar-refractivity contribution is 0.706. The van der Waals surface area contributed by atoms with E-state index >= 15 is 0 Å². The molecule has 0 aromatic carbocycles. The highest BCUT2D eigenvalue weighted by atomic mass is 15.0. The zero-order valence-corrected chi connectivity index (χ0v) is 15.0. The molecule has 2 aliphatic rings. The van der Waals surface area contributed by atoms with Gasteiger partial charge in [0.2, 0.25) is 0 Å². The highest BCUT2D eigenvalue weighted by Crippen LogP contribution is 2.47. The second kappa shape index (κ2) is 6.64. The maximum Gasteiger partial charge on any atom is 0.158 e. The van der Waals surface area contributed by atoms with Crippen molar-refractivity contribution in [1.82, 2.24) is 15.3 Å². The molecule has 8 heteroatoms. The number of nitriles is 5. The van der Waals surface area contributed by atoms with Gasteiger partial charge in [0, 0.05) is 11.1 Å². The van der Waals surface area contributed by atoms with E-state index in [0.717, 1.165) is 0 Å². The van der Waals surface area contributed by atoms with E-state index in [-0.39, 0.29) is 33.8 Å². The first kappa shape index (κ1) is 18.0. The summed E-state index contributed by atoms with van der Waals surface area (Å²) in [6.45, 7) is 0. The van der Waals surface area contributed by atoms with E-state index in [4.69, 9.17) is 6.42 Å². The molecule has 3 heterocycles. The number of allylic oxidation sites excluding steroid dienone is 3. The van der Waals surface area contributed by atoms with Crippen molar-refractivity contribution in [3.63, 3.8) is 0 Å². The molecular weight excluding hydrogens is 376 g/mol. The van der Waals surface area contributed by atoms with Gasteiger partial charge in [-0.25, -0.2) is 9.97 Å². The quantitative estimate of drug-likeness (QED) is 0.678. The first-order valence-electron chi connectivity index (χ1n) is 8.40. The molecular formula is C22H6N8. The highest BCUT2D eigenvalue weighted by molar-refractivity contribution is 5.91. The van der Waals surface area contributed by atoms with E-state index in [9.17, 15) is 26.3 Å². The Hall–Kier alpha value is -5.41. The second-order valence-corrected chi connectivity index (χ2v) is 6.27. The van der Waals surface area contributed by atoms with Crippen molar-refractivity contribution in [3.8, 4) is 53.9 Å². The number of hydrogen-bond donors (Lipinski definition) is 1. The standard InChI is InChI=1S/C22H6N8/c1-2-17-11(6-23)5-16-20-14(3-12(7-24)18(9-26)29-20)15-4-13(8-25)19(10-27)30-21(15)22(16)28-17/h1,3-5,21,30H. The van der Waals surface area contributed by atoms with Crippen LogP contribution < -0.4 is 5.32 Å². The second-order valence-electron chi connectivity index (χ2n) is 6.27. The van der Waals surface area contributed by atoms with Gasteiger partial charge in [0.05, 0.1) is 34.1 Å². The third-order valence-electron chi connectivity index (χ3n) is 4.80. The lowest BCUT2D eigenvalue weighted by Gasteiger charge is -2.33. The van der Waals surface area contributed by atoms with E-state index in [1.165, 1.54) is 18.2 Å². The van der Waals surface area contributed by atoms with Gasteiger partial charge in [0.15, 0.2) is 5.69 Å². The summed E-state index contributed by atoms with van der Waals surface area (Å²) in [5.41, 5.74) is 2.73. The molecule has 1 N–H and O–H groups in total. The van der Waals surface area contributed by atoms with Crippen LogP contribution in [0, 0.1) is 69.0 Å². The molecule has 134 valence electrons. The molecule has 0 fully saturated rings. The van der Waals surface area contributed by atoms with E-state index in [2.05, 4.69) is 21.2 Å². The van der Waals surface area contributed by atoms with E-state index in [1.54, 1.807) is 0 Å². The Labute approximate surface area is 170 Å². The third kappa shape index (κ3) is 2.37. The van der Waals surface area contributed by atoms with Crippen LogP contribution in [0.1, 0.15) is 39.8 Å². The molecule has 0 saturated heterocycles. The molecule has 1 aliphatic carbocycles. The van der Waals surface area contributed by atoms with Crippen molar-refractivity contribution in [3.05, 3.63) is 63.3 Å². The SMILES string of the molecule is C#Cc1nc2c(cc1C#N)-c1nc(C#N)c(C#N)cc1C1=CC(C#N)=C(C#N)NC12. The minimum Gasteiger partial charge on any atom is -0.363 e. The molecule has 2 aromatic heterocycles. The zero-order valence-electron chi connectivity index (χ0n) is 15.0. The third-order valence-corrected chi connectivity index (χ3v) is 4.80. The van der Waals surface area contributed by atoms with Crippen LogP contribution in [0.25, 0.3) is 16.8 Å². The molecule has 1 aliphatic heterocycles. The number of dihydropyridines is 1. The number of pyridine rings is 2. The minimum atomic E-state index is -0.652. The zero-order chi connectivity index (χ0) is 21.4. The van der Waals surface area contributed by atoms with Crippen LogP contribution in [0.4, 0.5) is 0 Å². The van der Waals surface area contributed by atoms with Gasteiger partial charge >= 0.3 is 0 Å². The van der Waals surface area contributed by atoms with Crippen LogP contribution in [0.5, 0.6) is 0 Å². The Morgan fingerprint density at radius 3 is 2.13 bits per heavy atom. The maximum atomic E-state index is 9.45. The fraction of sp³-hybridized carbons (Fsp3) is 0.0455. The number of nitrogens with zero attached hydrogens (tertiary/aromatic N) is 7. The molecule has 8 nitrogen and oxygen atoms in total. The summed E-state index contributed by atoms with van der Waals surface area (Å²) in [5, 5.41) is 50.1. The Morgan fingerprint density at radius 1 is 0.833 bits per heavy atom. The number of nitrogens with one attached hydrogen (secondary N) is 1. The van der Waals surface area contributed by atoms with E-state index < -0.39 is 6.04 Å². The van der Waals surface area contributed by atoms with Gasteiger partial charge in [0.25, 0.3) is 0 Å². The van der Waals surface area contributed by atoms with Gasteiger partial charge in [-0.1, -0.05) is 0 Å². The molecule has 30 heavy (non-hydrogen) atoms. The summed E-state index contributed by atoms with van der Waals surface area (Å²) in [5.74, 6) is 2.38. The number of fused-ring (bicyclic) bond motifs is 6. The monoisotopic (exact) mass is 382 g/mol. The summed E-state index contributed by atoms with van der Waals surface area (Å²) < 4.78 is 0. The van der Waals surface area contributed by atoms with Crippen molar-refractivity contribution in [2.24, 2.45) is 0 Å². The minimum absolute atomic E-state index is 0.0659. The van der Waals surface area contributed by atoms with Crippen LogP contribution >= 0.6 is 0 Å². The topological polar surface area (TPSA) is 157 Å². The molecule has 0 spiro atoms. The van der Waals surface area contributed by atoms with Crippen molar-refractivity contribution in [2.45, 2.75) is 6.04 Å². The summed E-state index contributed by atoms with van der Waals surface area (Å²) in [7, 11) is 0. The van der Waals surface area contributed by atoms with Gasteiger partial charge in [-0.3, -0.25) is 0 Å². The smallest absolute Gasteiger partial charge is 0.158 e. The lowest BCUT2D eigenvalue weighted by atomic mass is 9.80. The first-order valence-corrected chi connectivity index (χ1v) is 8.40. The summed E-state index contributed by atoms with van der Waals surface area (Å²) in [6.07, 6.45) is 7.04. The van der Waals surface area contributed by atoms with Crippen LogP contribution in [-0.4, -0.2) is 9.97 Å². The van der Waals surface area contributed by atoms with Gasteiger partial charge in [-0.2, -0.15) is 26.3 Å². The van der Waals surface area contributed by atoms with Gasteiger partial charge in [-0.05, 0) is 29.7 Å². The number of hydrogen-bond acceptors (Lipinski definition) is 8. The maximum absolute atomic E-state index is 9.45. The normalized spacial score (nSPS) is 15.1. The van der Waals surface area contributed by atoms with Crippen molar-refractivity contribution in [2.75, 3.05) is 0 Å². The van der Waals surface area contributed by atoms with Crippen molar-refractivity contribution < 1.29 is 0 Å². The van der Waals surface area contributed by atoms with Gasteiger partial charge in [0.1, 0.15) is 41.7 Å².